The van der Waals surface area contributed by atoms with Crippen LogP contribution in [-0.2, 0) is 14.3 Å². The number of carbonyl (C=O) groups excluding carboxylic acids is 3. The van der Waals surface area contributed by atoms with E-state index in [1.54, 1.807) is 48.3 Å². The molecule has 3 amide bonds. The Morgan fingerprint density at radius 3 is 2.62 bits per heavy atom. The van der Waals surface area contributed by atoms with E-state index in [4.69, 9.17) is 14.5 Å². The zero-order chi connectivity index (χ0) is 31.7. The van der Waals surface area contributed by atoms with Gasteiger partial charge in [-0.3, -0.25) is 4.79 Å². The summed E-state index contributed by atoms with van der Waals surface area (Å²) in [5.41, 5.74) is 2.03. The number of pyridine rings is 1. The first kappa shape index (κ1) is 30.4. The van der Waals surface area contributed by atoms with Crippen molar-refractivity contribution in [1.29, 1.82) is 0 Å². The highest BCUT2D eigenvalue weighted by Gasteiger charge is 2.34. The number of aromatic nitrogens is 4. The van der Waals surface area contributed by atoms with Crippen molar-refractivity contribution in [2.24, 2.45) is 0 Å². The molecule has 240 valence electrons. The van der Waals surface area contributed by atoms with Crippen molar-refractivity contribution in [3.63, 3.8) is 0 Å². The van der Waals surface area contributed by atoms with E-state index in [0.717, 1.165) is 41.3 Å². The van der Waals surface area contributed by atoms with E-state index in [2.05, 4.69) is 20.3 Å². The molecule has 2 saturated heterocycles. The largest absolute Gasteiger partial charge is 0.444 e. The maximum atomic E-state index is 13.0. The van der Waals surface area contributed by atoms with Gasteiger partial charge in [0.2, 0.25) is 5.91 Å². The van der Waals surface area contributed by atoms with Crippen LogP contribution in [0.25, 0.3) is 16.8 Å². The van der Waals surface area contributed by atoms with Crippen molar-refractivity contribution in [1.82, 2.24) is 34.3 Å². The number of likely N-dealkylation sites (N-methyl/N-ethyl adjacent to an activating group) is 1. The number of nitrogens with one attached hydrogen (secondary N) is 1. The number of amides is 3. The molecule has 0 bridgehead atoms. The molecular formula is C31H41N9O5. The van der Waals surface area contributed by atoms with Gasteiger partial charge in [-0.05, 0) is 51.8 Å². The fraction of sp³-hybridized carbons (Fsp3) is 0.548. The molecule has 45 heavy (non-hydrogen) atoms. The predicted octanol–water partition coefficient (Wildman–Crippen LogP) is 3.09. The number of ether oxygens (including phenoxy) is 2. The Bertz CT molecular complexity index is 1560. The number of carbonyl (C=O) groups is 3. The summed E-state index contributed by atoms with van der Waals surface area (Å²) in [5.74, 6) is 1.55. The zero-order valence-electron chi connectivity index (χ0n) is 26.3. The molecule has 0 aromatic carbocycles. The van der Waals surface area contributed by atoms with Crippen LogP contribution in [0.5, 0.6) is 0 Å². The van der Waals surface area contributed by atoms with E-state index in [1.165, 1.54) is 4.90 Å². The summed E-state index contributed by atoms with van der Waals surface area (Å²) in [6, 6.07) is 6.36. The highest BCUT2D eigenvalue weighted by molar-refractivity contribution is 5.84. The minimum absolute atomic E-state index is 0.0994. The van der Waals surface area contributed by atoms with Gasteiger partial charge in [-0.15, -0.1) is 0 Å². The molecule has 6 rings (SSSR count). The molecule has 14 heteroatoms. The summed E-state index contributed by atoms with van der Waals surface area (Å²) in [7, 11) is 1.64. The van der Waals surface area contributed by atoms with Crippen molar-refractivity contribution in [3.8, 4) is 11.1 Å². The number of rotatable bonds is 8. The predicted molar refractivity (Wildman–Crippen MR) is 167 cm³/mol. The molecule has 1 atom stereocenters. The molecule has 0 spiro atoms. The SMILES string of the molecule is CN(CCN1C[C@@H](OC(=O)N2CCN(c3ccn4ncc(-c5cccnc5NC5CC5)c4n3)CC2)CC1=O)C(=O)OC(C)(C)C. The van der Waals surface area contributed by atoms with Crippen LogP contribution >= 0.6 is 0 Å². The quantitative estimate of drug-likeness (QED) is 0.400. The molecule has 3 aromatic heterocycles. The minimum Gasteiger partial charge on any atom is -0.444 e. The maximum Gasteiger partial charge on any atom is 0.410 e. The molecule has 0 unspecified atom stereocenters. The lowest BCUT2D eigenvalue weighted by Gasteiger charge is -2.35. The molecule has 1 N–H and O–H groups in total. The van der Waals surface area contributed by atoms with Crippen LogP contribution in [0.3, 0.4) is 0 Å². The average molecular weight is 620 g/mol. The first-order chi connectivity index (χ1) is 21.5. The Hall–Kier alpha value is -4.62. The topological polar surface area (TPSA) is 138 Å². The highest BCUT2D eigenvalue weighted by atomic mass is 16.6. The van der Waals surface area contributed by atoms with Gasteiger partial charge in [-0.2, -0.15) is 5.10 Å². The van der Waals surface area contributed by atoms with Gasteiger partial charge >= 0.3 is 12.2 Å². The number of hydrogen-bond acceptors (Lipinski definition) is 10. The lowest BCUT2D eigenvalue weighted by molar-refractivity contribution is -0.127. The molecular weight excluding hydrogens is 578 g/mol. The van der Waals surface area contributed by atoms with Gasteiger partial charge in [0.1, 0.15) is 23.3 Å². The van der Waals surface area contributed by atoms with E-state index in [0.29, 0.717) is 51.9 Å². The molecule has 1 aliphatic carbocycles. The van der Waals surface area contributed by atoms with Crippen LogP contribution in [0.4, 0.5) is 21.2 Å². The van der Waals surface area contributed by atoms with Crippen LogP contribution < -0.4 is 10.2 Å². The minimum atomic E-state index is -0.592. The van der Waals surface area contributed by atoms with E-state index in [1.807, 2.05) is 30.6 Å². The molecule has 3 aromatic rings. The Kier molecular flexibility index (Phi) is 8.38. The molecule has 3 fully saturated rings. The standard InChI is InChI=1S/C31H41N9O5/c1-31(2,3)45-29(42)36(4)12-13-39-20-22(18-26(39)41)44-30(43)38-16-14-37(15-17-38)25-9-11-40-28(35-25)24(19-33-40)23-6-5-10-32-27(23)34-21-7-8-21/h5-6,9-11,19,21-22H,7-8,12-18,20H2,1-4H3,(H,32,34)/t22-/m0/s1. The van der Waals surface area contributed by atoms with Gasteiger partial charge in [0.05, 0.1) is 24.7 Å². The normalized spacial score (nSPS) is 18.8. The number of hydrogen-bond donors (Lipinski definition) is 1. The van der Waals surface area contributed by atoms with Crippen molar-refractivity contribution < 1.29 is 23.9 Å². The smallest absolute Gasteiger partial charge is 0.410 e. The second kappa shape index (κ2) is 12.4. The summed E-state index contributed by atoms with van der Waals surface area (Å²) in [6.07, 6.45) is 6.56. The Morgan fingerprint density at radius 2 is 1.89 bits per heavy atom. The van der Waals surface area contributed by atoms with Gasteiger partial charge in [0.15, 0.2) is 5.65 Å². The lowest BCUT2D eigenvalue weighted by Crippen LogP contribution is -2.50. The summed E-state index contributed by atoms with van der Waals surface area (Å²) in [6.45, 7) is 8.52. The van der Waals surface area contributed by atoms with Gasteiger partial charge < -0.3 is 34.4 Å². The summed E-state index contributed by atoms with van der Waals surface area (Å²) < 4.78 is 12.9. The summed E-state index contributed by atoms with van der Waals surface area (Å²) in [5, 5.41) is 8.02. The second-order valence-electron chi connectivity index (χ2n) is 12.9. The third-order valence-electron chi connectivity index (χ3n) is 8.09. The fourth-order valence-electron chi connectivity index (χ4n) is 5.45. The Morgan fingerprint density at radius 1 is 1.11 bits per heavy atom. The van der Waals surface area contributed by atoms with E-state index >= 15 is 0 Å². The zero-order valence-corrected chi connectivity index (χ0v) is 26.3. The number of piperazine rings is 1. The van der Waals surface area contributed by atoms with Crippen molar-refractivity contribution >= 4 is 35.4 Å². The summed E-state index contributed by atoms with van der Waals surface area (Å²) in [4.78, 5) is 54.2. The van der Waals surface area contributed by atoms with Gasteiger partial charge in [-0.25, -0.2) is 24.1 Å². The van der Waals surface area contributed by atoms with Crippen LogP contribution in [0.15, 0.2) is 36.8 Å². The van der Waals surface area contributed by atoms with Crippen LogP contribution in [0.2, 0.25) is 0 Å². The van der Waals surface area contributed by atoms with Crippen LogP contribution in [0.1, 0.15) is 40.0 Å². The molecule has 5 heterocycles. The van der Waals surface area contributed by atoms with E-state index in [9.17, 15) is 14.4 Å². The first-order valence-electron chi connectivity index (χ1n) is 15.5. The number of fused-ring (bicyclic) bond motifs is 1. The third kappa shape index (κ3) is 7.21. The van der Waals surface area contributed by atoms with E-state index < -0.39 is 23.9 Å². The molecule has 0 radical (unpaired) electrons. The average Bonchev–Trinajstić information content (AvgIpc) is 3.62. The van der Waals surface area contributed by atoms with Gasteiger partial charge in [0.25, 0.3) is 0 Å². The number of nitrogens with zero attached hydrogens (tertiary/aromatic N) is 8. The van der Waals surface area contributed by atoms with Crippen molar-refractivity contribution in [2.75, 3.05) is 63.1 Å². The van der Waals surface area contributed by atoms with Gasteiger partial charge in [-0.1, -0.05) is 0 Å². The van der Waals surface area contributed by atoms with Gasteiger partial charge in [0, 0.05) is 70.3 Å². The maximum absolute atomic E-state index is 13.0. The lowest BCUT2D eigenvalue weighted by atomic mass is 10.1. The first-order valence-corrected chi connectivity index (χ1v) is 15.5. The van der Waals surface area contributed by atoms with Crippen molar-refractivity contribution in [2.45, 2.75) is 57.8 Å². The highest BCUT2D eigenvalue weighted by Crippen LogP contribution is 2.33. The molecule has 3 aliphatic rings. The molecule has 1 saturated carbocycles. The van der Waals surface area contributed by atoms with Crippen molar-refractivity contribution in [3.05, 3.63) is 36.8 Å². The molecule has 2 aliphatic heterocycles. The van der Waals surface area contributed by atoms with Crippen LogP contribution in [-0.4, -0.2) is 123 Å². The molecule has 14 nitrogen and oxygen atoms in total. The summed E-state index contributed by atoms with van der Waals surface area (Å²) >= 11 is 0. The van der Waals surface area contributed by atoms with E-state index in [-0.39, 0.29) is 12.3 Å². The Balaban J connectivity index is 1.01. The van der Waals surface area contributed by atoms with Crippen LogP contribution in [0, 0.1) is 0 Å². The third-order valence-corrected chi connectivity index (χ3v) is 8.09. The second-order valence-corrected chi connectivity index (χ2v) is 12.9. The number of likely N-dealkylation sites (tertiary alicyclic amines) is 1. The monoisotopic (exact) mass is 619 g/mol. The Labute approximate surface area is 262 Å². The fourth-order valence-corrected chi connectivity index (χ4v) is 5.45. The number of anilines is 2.